The minimum absolute atomic E-state index is 0.0112. The number of nitrogens with one attached hydrogen (secondary N) is 1. The van der Waals surface area contributed by atoms with Crippen molar-refractivity contribution in [3.05, 3.63) is 34.1 Å². The van der Waals surface area contributed by atoms with E-state index >= 15 is 0 Å². The first-order valence-corrected chi connectivity index (χ1v) is 8.32. The first kappa shape index (κ1) is 18.6. The van der Waals surface area contributed by atoms with Crippen LogP contribution in [0, 0.1) is 5.82 Å². The van der Waals surface area contributed by atoms with E-state index in [9.17, 15) is 4.39 Å². The number of rotatable bonds is 10. The Balaban J connectivity index is 2.86. The molecular weight excluding hydrogens is 337 g/mol. The molecule has 1 aromatic rings. The lowest BCUT2D eigenvalue weighted by Crippen LogP contribution is -2.45. The second-order valence-corrected chi connectivity index (χ2v) is 5.63. The van der Waals surface area contributed by atoms with Gasteiger partial charge in [-0.3, -0.25) is 0 Å². The van der Waals surface area contributed by atoms with Crippen LogP contribution in [0.2, 0.25) is 0 Å². The maximum absolute atomic E-state index is 13.4. The molecule has 0 aliphatic carbocycles. The average Bonchev–Trinajstić information content (AvgIpc) is 2.47. The van der Waals surface area contributed by atoms with Crippen molar-refractivity contribution in [2.75, 3.05) is 19.8 Å². The summed E-state index contributed by atoms with van der Waals surface area (Å²) in [6, 6.07) is 4.73. The zero-order valence-corrected chi connectivity index (χ0v) is 14.6. The van der Waals surface area contributed by atoms with Gasteiger partial charge in [0.15, 0.2) is 6.29 Å². The van der Waals surface area contributed by atoms with Crippen LogP contribution in [-0.4, -0.2) is 32.1 Å². The third kappa shape index (κ3) is 6.43. The summed E-state index contributed by atoms with van der Waals surface area (Å²) in [4.78, 5) is 0. The monoisotopic (exact) mass is 361 g/mol. The molecule has 120 valence electrons. The van der Waals surface area contributed by atoms with E-state index in [0.717, 1.165) is 23.0 Å². The Kier molecular flexibility index (Phi) is 9.08. The van der Waals surface area contributed by atoms with Crippen molar-refractivity contribution in [3.8, 4) is 0 Å². The van der Waals surface area contributed by atoms with Crippen molar-refractivity contribution in [3.63, 3.8) is 0 Å². The Morgan fingerprint density at radius 2 is 1.86 bits per heavy atom. The van der Waals surface area contributed by atoms with Gasteiger partial charge >= 0.3 is 0 Å². The Labute approximate surface area is 135 Å². The van der Waals surface area contributed by atoms with E-state index in [1.54, 1.807) is 12.1 Å². The molecule has 0 bridgehead atoms. The lowest BCUT2D eigenvalue weighted by molar-refractivity contribution is -0.153. The molecule has 21 heavy (non-hydrogen) atoms. The molecule has 5 heteroatoms. The van der Waals surface area contributed by atoms with Gasteiger partial charge in [0.2, 0.25) is 0 Å². The van der Waals surface area contributed by atoms with Gasteiger partial charge < -0.3 is 14.8 Å². The first-order valence-electron chi connectivity index (χ1n) is 7.52. The number of halogens is 2. The average molecular weight is 362 g/mol. The number of ether oxygens (including phenoxy) is 2. The molecule has 1 atom stereocenters. The van der Waals surface area contributed by atoms with Crippen LogP contribution in [0.1, 0.15) is 32.8 Å². The van der Waals surface area contributed by atoms with Crippen molar-refractivity contribution in [1.29, 1.82) is 0 Å². The van der Waals surface area contributed by atoms with Crippen LogP contribution in [0.4, 0.5) is 4.39 Å². The Morgan fingerprint density at radius 1 is 1.19 bits per heavy atom. The molecule has 0 spiro atoms. The molecule has 0 radical (unpaired) electrons. The van der Waals surface area contributed by atoms with E-state index in [1.807, 2.05) is 13.8 Å². The van der Waals surface area contributed by atoms with Gasteiger partial charge in [0.05, 0.1) is 6.04 Å². The van der Waals surface area contributed by atoms with Gasteiger partial charge in [-0.25, -0.2) is 4.39 Å². The summed E-state index contributed by atoms with van der Waals surface area (Å²) >= 11 is 3.48. The molecule has 1 unspecified atom stereocenters. The maximum Gasteiger partial charge on any atom is 0.172 e. The van der Waals surface area contributed by atoms with Crippen molar-refractivity contribution < 1.29 is 13.9 Å². The Morgan fingerprint density at radius 3 is 2.43 bits per heavy atom. The lowest BCUT2D eigenvalue weighted by Gasteiger charge is -2.28. The van der Waals surface area contributed by atoms with Gasteiger partial charge in [0, 0.05) is 17.7 Å². The topological polar surface area (TPSA) is 30.5 Å². The SMILES string of the molecule is CCCNC(Cc1cc(F)ccc1Br)C(OCC)OCC. The van der Waals surface area contributed by atoms with E-state index in [4.69, 9.17) is 9.47 Å². The zero-order valence-electron chi connectivity index (χ0n) is 13.0. The molecule has 1 N–H and O–H groups in total. The predicted octanol–water partition coefficient (Wildman–Crippen LogP) is 3.90. The van der Waals surface area contributed by atoms with Crippen molar-refractivity contribution >= 4 is 15.9 Å². The standard InChI is InChI=1S/C16H25BrFNO2/c1-4-9-19-15(16(20-5-2)21-6-3)11-12-10-13(18)7-8-14(12)17/h7-8,10,15-16,19H,4-6,9,11H2,1-3H3. The molecule has 0 aliphatic heterocycles. The van der Waals surface area contributed by atoms with Gasteiger partial charge in [-0.1, -0.05) is 22.9 Å². The molecule has 0 saturated carbocycles. The van der Waals surface area contributed by atoms with Crippen LogP contribution < -0.4 is 5.32 Å². The predicted molar refractivity (Wildman–Crippen MR) is 86.9 cm³/mol. The molecule has 1 rings (SSSR count). The van der Waals surface area contributed by atoms with Gasteiger partial charge in [0.25, 0.3) is 0 Å². The van der Waals surface area contributed by atoms with Crippen LogP contribution in [0.3, 0.4) is 0 Å². The molecule has 0 heterocycles. The normalized spacial score (nSPS) is 12.9. The van der Waals surface area contributed by atoms with E-state index < -0.39 is 0 Å². The smallest absolute Gasteiger partial charge is 0.172 e. The third-order valence-electron chi connectivity index (χ3n) is 3.09. The lowest BCUT2D eigenvalue weighted by atomic mass is 10.0. The molecule has 3 nitrogen and oxygen atoms in total. The summed E-state index contributed by atoms with van der Waals surface area (Å²) in [6.45, 7) is 8.04. The maximum atomic E-state index is 13.4. The van der Waals surface area contributed by atoms with E-state index in [1.165, 1.54) is 6.07 Å². The summed E-state index contributed by atoms with van der Waals surface area (Å²) in [6.07, 6.45) is 1.33. The van der Waals surface area contributed by atoms with Crippen molar-refractivity contribution in [2.24, 2.45) is 0 Å². The Bertz CT molecular complexity index is 411. The van der Waals surface area contributed by atoms with Gasteiger partial charge in [0.1, 0.15) is 5.82 Å². The second-order valence-electron chi connectivity index (χ2n) is 4.78. The molecule has 0 saturated heterocycles. The largest absolute Gasteiger partial charge is 0.351 e. The molecule has 1 aromatic carbocycles. The summed E-state index contributed by atoms with van der Waals surface area (Å²) in [7, 11) is 0. The number of hydrogen-bond donors (Lipinski definition) is 1. The van der Waals surface area contributed by atoms with Gasteiger partial charge in [-0.05, 0) is 57.0 Å². The van der Waals surface area contributed by atoms with Crippen LogP contribution >= 0.6 is 15.9 Å². The number of benzene rings is 1. The minimum atomic E-state index is -0.332. The van der Waals surface area contributed by atoms with Crippen LogP contribution in [0.5, 0.6) is 0 Å². The third-order valence-corrected chi connectivity index (χ3v) is 3.87. The fraction of sp³-hybridized carbons (Fsp3) is 0.625. The highest BCUT2D eigenvalue weighted by Crippen LogP contribution is 2.21. The minimum Gasteiger partial charge on any atom is -0.351 e. The van der Waals surface area contributed by atoms with Crippen LogP contribution in [-0.2, 0) is 15.9 Å². The summed E-state index contributed by atoms with van der Waals surface area (Å²) in [5, 5.41) is 3.44. The van der Waals surface area contributed by atoms with Crippen molar-refractivity contribution in [1.82, 2.24) is 5.32 Å². The molecule has 0 amide bonds. The first-order chi connectivity index (χ1) is 10.1. The Hall–Kier alpha value is -0.490. The summed E-state index contributed by atoms with van der Waals surface area (Å²) < 4.78 is 25.7. The fourth-order valence-corrected chi connectivity index (χ4v) is 2.55. The molecule has 0 aliphatic rings. The summed E-state index contributed by atoms with van der Waals surface area (Å²) in [5.41, 5.74) is 0.910. The fourth-order valence-electron chi connectivity index (χ4n) is 2.14. The quantitative estimate of drug-likeness (QED) is 0.641. The summed E-state index contributed by atoms with van der Waals surface area (Å²) in [5.74, 6) is -0.230. The highest BCUT2D eigenvalue weighted by molar-refractivity contribution is 9.10. The molecule has 0 aromatic heterocycles. The van der Waals surface area contributed by atoms with Crippen LogP contribution in [0.15, 0.2) is 22.7 Å². The van der Waals surface area contributed by atoms with Crippen molar-refractivity contribution in [2.45, 2.75) is 45.9 Å². The number of hydrogen-bond acceptors (Lipinski definition) is 3. The van der Waals surface area contributed by atoms with Gasteiger partial charge in [-0.15, -0.1) is 0 Å². The van der Waals surface area contributed by atoms with Gasteiger partial charge in [-0.2, -0.15) is 0 Å². The van der Waals surface area contributed by atoms with E-state index in [2.05, 4.69) is 28.2 Å². The molecular formula is C16H25BrFNO2. The van der Waals surface area contributed by atoms with E-state index in [0.29, 0.717) is 19.6 Å². The highest BCUT2D eigenvalue weighted by Gasteiger charge is 2.23. The van der Waals surface area contributed by atoms with E-state index in [-0.39, 0.29) is 18.1 Å². The highest BCUT2D eigenvalue weighted by atomic mass is 79.9. The molecule has 0 fully saturated rings. The zero-order chi connectivity index (χ0) is 15.7. The van der Waals surface area contributed by atoms with Crippen LogP contribution in [0.25, 0.3) is 0 Å². The second kappa shape index (κ2) is 10.3.